The zero-order valence-electron chi connectivity index (χ0n) is 7.31. The van der Waals surface area contributed by atoms with Gasteiger partial charge in [0.15, 0.2) is 0 Å². The first kappa shape index (κ1) is 10.4. The van der Waals surface area contributed by atoms with E-state index < -0.39 is 5.97 Å². The van der Waals surface area contributed by atoms with Gasteiger partial charge >= 0.3 is 5.97 Å². The number of carbonyl (C=O) groups excluding carboxylic acids is 1. The van der Waals surface area contributed by atoms with Gasteiger partial charge in [0.2, 0.25) is 0 Å². The van der Waals surface area contributed by atoms with Gasteiger partial charge in [-0.2, -0.15) is 5.26 Å². The Bertz CT molecular complexity index is 423. The van der Waals surface area contributed by atoms with Gasteiger partial charge in [-0.3, -0.25) is 0 Å². The van der Waals surface area contributed by atoms with Crippen LogP contribution in [0.1, 0.15) is 15.9 Å². The monoisotopic (exact) mass is 209 g/mol. The molecule has 0 heterocycles. The SMILES string of the molecule is COC(=O)c1cc(C#N)cc(O)c1S. The van der Waals surface area contributed by atoms with E-state index >= 15 is 0 Å². The quantitative estimate of drug-likeness (QED) is 0.541. The molecule has 72 valence electrons. The van der Waals surface area contributed by atoms with E-state index in [4.69, 9.17) is 5.26 Å². The van der Waals surface area contributed by atoms with Gasteiger partial charge in [-0.15, -0.1) is 12.6 Å². The highest BCUT2D eigenvalue weighted by Crippen LogP contribution is 2.27. The van der Waals surface area contributed by atoms with Crippen LogP contribution in [-0.4, -0.2) is 18.2 Å². The molecular formula is C9H7NO3S. The van der Waals surface area contributed by atoms with Crippen LogP contribution in [-0.2, 0) is 4.74 Å². The van der Waals surface area contributed by atoms with Crippen LogP contribution in [0.15, 0.2) is 17.0 Å². The molecule has 0 spiro atoms. The van der Waals surface area contributed by atoms with Crippen molar-refractivity contribution < 1.29 is 14.6 Å². The van der Waals surface area contributed by atoms with E-state index in [1.807, 2.05) is 6.07 Å². The number of hydrogen-bond donors (Lipinski definition) is 2. The molecule has 0 bridgehead atoms. The molecule has 0 saturated carbocycles. The van der Waals surface area contributed by atoms with Crippen molar-refractivity contribution in [3.63, 3.8) is 0 Å². The Morgan fingerprint density at radius 3 is 2.79 bits per heavy atom. The van der Waals surface area contributed by atoms with E-state index in [0.717, 1.165) is 0 Å². The van der Waals surface area contributed by atoms with Crippen molar-refractivity contribution in [2.75, 3.05) is 7.11 Å². The number of esters is 1. The summed E-state index contributed by atoms with van der Waals surface area (Å²) >= 11 is 3.93. The predicted octanol–water partition coefficient (Wildman–Crippen LogP) is 1.34. The van der Waals surface area contributed by atoms with Crippen molar-refractivity contribution in [3.05, 3.63) is 23.3 Å². The van der Waals surface area contributed by atoms with E-state index in [0.29, 0.717) is 0 Å². The molecule has 0 aromatic heterocycles. The zero-order chi connectivity index (χ0) is 10.7. The first-order valence-electron chi connectivity index (χ1n) is 3.64. The number of aromatic hydroxyl groups is 1. The molecule has 1 aromatic carbocycles. The Labute approximate surface area is 86.1 Å². The number of hydrogen-bond acceptors (Lipinski definition) is 5. The summed E-state index contributed by atoms with van der Waals surface area (Å²) in [7, 11) is 1.21. The van der Waals surface area contributed by atoms with Gasteiger partial charge in [0.1, 0.15) is 5.75 Å². The molecule has 0 amide bonds. The van der Waals surface area contributed by atoms with Gasteiger partial charge in [-0.05, 0) is 12.1 Å². The lowest BCUT2D eigenvalue weighted by Gasteiger charge is -2.05. The normalized spacial score (nSPS) is 9.21. The largest absolute Gasteiger partial charge is 0.507 e. The van der Waals surface area contributed by atoms with Gasteiger partial charge in [0, 0.05) is 0 Å². The van der Waals surface area contributed by atoms with Crippen LogP contribution in [0.5, 0.6) is 5.75 Å². The maximum atomic E-state index is 11.2. The topological polar surface area (TPSA) is 70.3 Å². The Morgan fingerprint density at radius 2 is 2.29 bits per heavy atom. The van der Waals surface area contributed by atoms with Crippen molar-refractivity contribution in [1.82, 2.24) is 0 Å². The molecule has 0 aliphatic carbocycles. The molecular weight excluding hydrogens is 202 g/mol. The molecule has 1 rings (SSSR count). The molecule has 0 fully saturated rings. The lowest BCUT2D eigenvalue weighted by Crippen LogP contribution is -2.03. The molecule has 0 radical (unpaired) electrons. The Morgan fingerprint density at radius 1 is 1.64 bits per heavy atom. The van der Waals surface area contributed by atoms with Gasteiger partial charge < -0.3 is 9.84 Å². The summed E-state index contributed by atoms with van der Waals surface area (Å²) in [5, 5.41) is 17.9. The average Bonchev–Trinajstić information content (AvgIpc) is 2.20. The summed E-state index contributed by atoms with van der Waals surface area (Å²) in [6, 6.07) is 4.36. The first-order valence-corrected chi connectivity index (χ1v) is 4.09. The average molecular weight is 209 g/mol. The molecule has 1 aromatic rings. The third kappa shape index (κ3) is 1.80. The lowest BCUT2D eigenvalue weighted by atomic mass is 10.1. The maximum absolute atomic E-state index is 11.2. The lowest BCUT2D eigenvalue weighted by molar-refractivity contribution is 0.0596. The Kier molecular flexibility index (Phi) is 2.99. The number of thiol groups is 1. The first-order chi connectivity index (χ1) is 6.60. The van der Waals surface area contributed by atoms with Crippen LogP contribution in [0, 0.1) is 11.3 Å². The smallest absolute Gasteiger partial charge is 0.339 e. The van der Waals surface area contributed by atoms with Crippen LogP contribution < -0.4 is 0 Å². The fourth-order valence-electron chi connectivity index (χ4n) is 0.949. The number of phenols is 1. The van der Waals surface area contributed by atoms with Crippen LogP contribution in [0.25, 0.3) is 0 Å². The van der Waals surface area contributed by atoms with Crippen molar-refractivity contribution in [2.45, 2.75) is 4.90 Å². The second kappa shape index (κ2) is 4.03. The molecule has 0 aliphatic heterocycles. The van der Waals surface area contributed by atoms with Crippen molar-refractivity contribution >= 4 is 18.6 Å². The number of ether oxygens (including phenoxy) is 1. The third-order valence-corrected chi connectivity index (χ3v) is 2.09. The van der Waals surface area contributed by atoms with E-state index in [9.17, 15) is 9.90 Å². The molecule has 0 aliphatic rings. The fourth-order valence-corrected chi connectivity index (χ4v) is 1.17. The minimum atomic E-state index is -0.637. The zero-order valence-corrected chi connectivity index (χ0v) is 8.21. The van der Waals surface area contributed by atoms with E-state index in [2.05, 4.69) is 17.4 Å². The molecule has 0 atom stereocenters. The number of rotatable bonds is 1. The number of carbonyl (C=O) groups is 1. The standard InChI is InChI=1S/C9H7NO3S/c1-13-9(12)6-2-5(4-10)3-7(11)8(6)14/h2-3,11,14H,1H3. The fraction of sp³-hybridized carbons (Fsp3) is 0.111. The van der Waals surface area contributed by atoms with Gasteiger partial charge in [-0.1, -0.05) is 0 Å². The van der Waals surface area contributed by atoms with Gasteiger partial charge in [0.25, 0.3) is 0 Å². The van der Waals surface area contributed by atoms with Crippen LogP contribution >= 0.6 is 12.6 Å². The number of nitrogens with zero attached hydrogens (tertiary/aromatic N) is 1. The molecule has 0 saturated heterocycles. The van der Waals surface area contributed by atoms with Gasteiger partial charge in [-0.25, -0.2) is 4.79 Å². The van der Waals surface area contributed by atoms with E-state index in [-0.39, 0.29) is 21.8 Å². The number of phenolic OH excluding ortho intramolecular Hbond substituents is 1. The minimum absolute atomic E-state index is 0.0763. The maximum Gasteiger partial charge on any atom is 0.339 e. The molecule has 0 unspecified atom stereocenters. The van der Waals surface area contributed by atoms with Crippen molar-refractivity contribution in [2.24, 2.45) is 0 Å². The highest BCUT2D eigenvalue weighted by Gasteiger charge is 2.14. The molecule has 4 nitrogen and oxygen atoms in total. The number of benzene rings is 1. The number of nitriles is 1. The summed E-state index contributed by atoms with van der Waals surface area (Å²) in [5.74, 6) is -0.852. The van der Waals surface area contributed by atoms with Crippen LogP contribution in [0.2, 0.25) is 0 Å². The summed E-state index contributed by atoms with van der Waals surface area (Å²) in [5.41, 5.74) is 0.257. The highest BCUT2D eigenvalue weighted by atomic mass is 32.1. The van der Waals surface area contributed by atoms with E-state index in [1.54, 1.807) is 0 Å². The summed E-state index contributed by atoms with van der Waals surface area (Å²) in [4.78, 5) is 11.3. The second-order valence-corrected chi connectivity index (χ2v) is 2.94. The summed E-state index contributed by atoms with van der Waals surface area (Å²) < 4.78 is 4.46. The Balaban J connectivity index is 3.36. The third-order valence-electron chi connectivity index (χ3n) is 1.62. The van der Waals surface area contributed by atoms with Crippen molar-refractivity contribution in [1.29, 1.82) is 5.26 Å². The second-order valence-electron chi connectivity index (χ2n) is 2.49. The minimum Gasteiger partial charge on any atom is -0.507 e. The molecule has 14 heavy (non-hydrogen) atoms. The van der Waals surface area contributed by atoms with E-state index in [1.165, 1.54) is 19.2 Å². The van der Waals surface area contributed by atoms with Gasteiger partial charge in [0.05, 0.1) is 29.2 Å². The van der Waals surface area contributed by atoms with Crippen LogP contribution in [0.3, 0.4) is 0 Å². The van der Waals surface area contributed by atoms with Crippen LogP contribution in [0.4, 0.5) is 0 Å². The summed E-state index contributed by atoms with van der Waals surface area (Å²) in [6.45, 7) is 0. The molecule has 1 N–H and O–H groups in total. The van der Waals surface area contributed by atoms with Crippen molar-refractivity contribution in [3.8, 4) is 11.8 Å². The predicted molar refractivity (Wildman–Crippen MR) is 51.4 cm³/mol. The molecule has 5 heteroatoms. The Hall–Kier alpha value is -1.67. The number of methoxy groups -OCH3 is 1. The summed E-state index contributed by atoms with van der Waals surface area (Å²) in [6.07, 6.45) is 0. The highest BCUT2D eigenvalue weighted by molar-refractivity contribution is 7.80.